The summed E-state index contributed by atoms with van der Waals surface area (Å²) in [5.41, 5.74) is 5.93. The van der Waals surface area contributed by atoms with Crippen LogP contribution < -0.4 is 4.90 Å². The molecule has 0 aliphatic rings. The molecule has 0 atom stereocenters. The van der Waals surface area contributed by atoms with Crippen molar-refractivity contribution in [3.05, 3.63) is 58.1 Å². The van der Waals surface area contributed by atoms with E-state index in [-0.39, 0.29) is 0 Å². The molecule has 2 aromatic rings. The van der Waals surface area contributed by atoms with Gasteiger partial charge in [-0.1, -0.05) is 45.7 Å². The monoisotopic (exact) mass is 337 g/mol. The third-order valence-corrected chi connectivity index (χ3v) is 4.05. The molecule has 0 N–H and O–H groups in total. The van der Waals surface area contributed by atoms with Crippen molar-refractivity contribution in [3.63, 3.8) is 0 Å². The highest BCUT2D eigenvalue weighted by Crippen LogP contribution is 2.35. The Bertz CT molecular complexity index is 575. The van der Waals surface area contributed by atoms with E-state index in [1.165, 1.54) is 16.7 Å². The fraction of sp³-hybridized carbons (Fsp3) is 0.250. The highest BCUT2D eigenvalue weighted by Gasteiger charge is 2.13. The van der Waals surface area contributed by atoms with Crippen molar-refractivity contribution in [2.75, 3.05) is 11.9 Å². The van der Waals surface area contributed by atoms with E-state index < -0.39 is 0 Å². The minimum Gasteiger partial charge on any atom is -0.343 e. The van der Waals surface area contributed by atoms with E-state index in [1.54, 1.807) is 0 Å². The van der Waals surface area contributed by atoms with Crippen molar-refractivity contribution in [1.82, 2.24) is 0 Å². The second-order valence-corrected chi connectivity index (χ2v) is 5.75. The molecule has 2 aromatic carbocycles. The molecule has 0 aliphatic carbocycles. The summed E-state index contributed by atoms with van der Waals surface area (Å²) < 4.78 is 0. The van der Waals surface area contributed by atoms with Gasteiger partial charge in [0.25, 0.3) is 0 Å². The summed E-state index contributed by atoms with van der Waals surface area (Å²) >= 11 is 9.90. The van der Waals surface area contributed by atoms with Crippen LogP contribution in [0.25, 0.3) is 0 Å². The molecule has 3 heteroatoms. The normalized spacial score (nSPS) is 10.6. The van der Waals surface area contributed by atoms with Crippen LogP contribution in [0.2, 0.25) is 5.02 Å². The van der Waals surface area contributed by atoms with Crippen LogP contribution in [0.5, 0.6) is 0 Å². The van der Waals surface area contributed by atoms with Gasteiger partial charge in [0.15, 0.2) is 0 Å². The van der Waals surface area contributed by atoms with Gasteiger partial charge in [0.1, 0.15) is 0 Å². The Kier molecular flexibility index (Phi) is 4.54. The maximum Gasteiger partial charge on any atom is 0.0646 e. The van der Waals surface area contributed by atoms with Gasteiger partial charge < -0.3 is 4.90 Å². The summed E-state index contributed by atoms with van der Waals surface area (Å²) in [6, 6.07) is 12.5. The van der Waals surface area contributed by atoms with Crippen LogP contribution in [0.1, 0.15) is 16.7 Å². The molecule has 0 saturated carbocycles. The first-order valence-electron chi connectivity index (χ1n) is 6.18. The molecule has 0 unspecified atom stereocenters. The number of rotatable bonds is 3. The number of hydrogen-bond donors (Lipinski definition) is 0. The standard InChI is InChI=1S/C16H17BrClN/c1-11-7-12(2)9-14(8-11)19(3)16-13(10-17)5-4-6-15(16)18/h4-9H,10H2,1-3H3. The highest BCUT2D eigenvalue weighted by atomic mass is 79.9. The van der Waals surface area contributed by atoms with Crippen LogP contribution in [-0.4, -0.2) is 7.05 Å². The Hall–Kier alpha value is -0.990. The van der Waals surface area contributed by atoms with Gasteiger partial charge in [-0.2, -0.15) is 0 Å². The number of aryl methyl sites for hydroxylation is 2. The van der Waals surface area contributed by atoms with Crippen molar-refractivity contribution in [1.29, 1.82) is 0 Å². The van der Waals surface area contributed by atoms with Gasteiger partial charge in [0.2, 0.25) is 0 Å². The minimum atomic E-state index is 0.776. The summed E-state index contributed by atoms with van der Waals surface area (Å²) in [6.45, 7) is 4.23. The van der Waals surface area contributed by atoms with Gasteiger partial charge >= 0.3 is 0 Å². The molecule has 0 radical (unpaired) electrons. The predicted octanol–water partition coefficient (Wildman–Crippen LogP) is 5.62. The number of alkyl halides is 1. The zero-order chi connectivity index (χ0) is 14.0. The van der Waals surface area contributed by atoms with E-state index in [9.17, 15) is 0 Å². The number of benzene rings is 2. The van der Waals surface area contributed by atoms with Gasteiger partial charge in [-0.15, -0.1) is 0 Å². The molecule has 100 valence electrons. The first-order valence-corrected chi connectivity index (χ1v) is 7.68. The van der Waals surface area contributed by atoms with Gasteiger partial charge in [-0.05, 0) is 48.7 Å². The maximum atomic E-state index is 6.37. The summed E-state index contributed by atoms with van der Waals surface area (Å²) in [7, 11) is 2.06. The Labute approximate surface area is 128 Å². The number of halogens is 2. The van der Waals surface area contributed by atoms with Gasteiger partial charge in [-0.3, -0.25) is 0 Å². The lowest BCUT2D eigenvalue weighted by Gasteiger charge is -2.24. The molecule has 0 spiro atoms. The molecule has 0 heterocycles. The van der Waals surface area contributed by atoms with E-state index in [4.69, 9.17) is 11.6 Å². The summed E-state index contributed by atoms with van der Waals surface area (Å²) in [5.74, 6) is 0. The number of nitrogens with zero attached hydrogens (tertiary/aromatic N) is 1. The molecule has 0 bridgehead atoms. The predicted molar refractivity (Wildman–Crippen MR) is 88.1 cm³/mol. The van der Waals surface area contributed by atoms with Gasteiger partial charge in [0, 0.05) is 18.1 Å². The van der Waals surface area contributed by atoms with Crippen molar-refractivity contribution in [2.24, 2.45) is 0 Å². The second kappa shape index (κ2) is 5.98. The molecular weight excluding hydrogens is 322 g/mol. The average molecular weight is 339 g/mol. The van der Waals surface area contributed by atoms with Crippen molar-refractivity contribution >= 4 is 38.9 Å². The molecule has 0 saturated heterocycles. The van der Waals surface area contributed by atoms with Crippen LogP contribution in [0, 0.1) is 13.8 Å². The first-order chi connectivity index (χ1) is 9.02. The van der Waals surface area contributed by atoms with E-state index >= 15 is 0 Å². The van der Waals surface area contributed by atoms with E-state index in [1.807, 2.05) is 12.1 Å². The third-order valence-electron chi connectivity index (χ3n) is 3.14. The number of hydrogen-bond acceptors (Lipinski definition) is 1. The molecule has 2 rings (SSSR count). The zero-order valence-electron chi connectivity index (χ0n) is 11.4. The lowest BCUT2D eigenvalue weighted by molar-refractivity contribution is 1.17. The lowest BCUT2D eigenvalue weighted by Crippen LogP contribution is -2.12. The van der Waals surface area contributed by atoms with E-state index in [2.05, 4.69) is 66.0 Å². The van der Waals surface area contributed by atoms with E-state index in [0.717, 1.165) is 21.7 Å². The largest absolute Gasteiger partial charge is 0.343 e. The fourth-order valence-electron chi connectivity index (χ4n) is 2.32. The Morgan fingerprint density at radius 1 is 1.11 bits per heavy atom. The first kappa shape index (κ1) is 14.4. The van der Waals surface area contributed by atoms with Crippen molar-refractivity contribution < 1.29 is 0 Å². The van der Waals surface area contributed by atoms with Crippen LogP contribution >= 0.6 is 27.5 Å². The Balaban J connectivity index is 2.52. The molecule has 1 nitrogen and oxygen atoms in total. The fourth-order valence-corrected chi connectivity index (χ4v) is 3.09. The molecule has 19 heavy (non-hydrogen) atoms. The van der Waals surface area contributed by atoms with Gasteiger partial charge in [-0.25, -0.2) is 0 Å². The van der Waals surface area contributed by atoms with Crippen molar-refractivity contribution in [2.45, 2.75) is 19.2 Å². The molecule has 0 fully saturated rings. The SMILES string of the molecule is Cc1cc(C)cc(N(C)c2c(Cl)cccc2CBr)c1. The van der Waals surface area contributed by atoms with Crippen LogP contribution in [-0.2, 0) is 5.33 Å². The molecular formula is C16H17BrClN. The van der Waals surface area contributed by atoms with E-state index in [0.29, 0.717) is 0 Å². The smallest absolute Gasteiger partial charge is 0.0646 e. The second-order valence-electron chi connectivity index (χ2n) is 4.79. The highest BCUT2D eigenvalue weighted by molar-refractivity contribution is 9.08. The van der Waals surface area contributed by atoms with Crippen LogP contribution in [0.15, 0.2) is 36.4 Å². The Morgan fingerprint density at radius 3 is 2.32 bits per heavy atom. The number of anilines is 2. The summed E-state index contributed by atoms with van der Waals surface area (Å²) in [5, 5.41) is 1.57. The average Bonchev–Trinajstić information content (AvgIpc) is 2.36. The Morgan fingerprint density at radius 2 is 1.74 bits per heavy atom. The lowest BCUT2D eigenvalue weighted by atomic mass is 10.1. The summed E-state index contributed by atoms with van der Waals surface area (Å²) in [6.07, 6.45) is 0. The topological polar surface area (TPSA) is 3.24 Å². The third kappa shape index (κ3) is 3.13. The van der Waals surface area contributed by atoms with Crippen LogP contribution in [0.4, 0.5) is 11.4 Å². The quantitative estimate of drug-likeness (QED) is 0.657. The van der Waals surface area contributed by atoms with Crippen molar-refractivity contribution in [3.8, 4) is 0 Å². The summed E-state index contributed by atoms with van der Waals surface area (Å²) in [4.78, 5) is 2.15. The zero-order valence-corrected chi connectivity index (χ0v) is 13.7. The minimum absolute atomic E-state index is 0.776. The van der Waals surface area contributed by atoms with Gasteiger partial charge in [0.05, 0.1) is 10.7 Å². The van der Waals surface area contributed by atoms with Crippen LogP contribution in [0.3, 0.4) is 0 Å². The molecule has 0 aliphatic heterocycles. The molecule has 0 amide bonds. The maximum absolute atomic E-state index is 6.37. The number of para-hydroxylation sites is 1. The molecule has 0 aromatic heterocycles.